The molecule has 2 aromatic rings. The highest BCUT2D eigenvalue weighted by Crippen LogP contribution is 2.24. The van der Waals surface area contributed by atoms with Gasteiger partial charge < -0.3 is 10.1 Å². The summed E-state index contributed by atoms with van der Waals surface area (Å²) in [7, 11) is 0. The second-order valence-corrected chi connectivity index (χ2v) is 7.09. The third kappa shape index (κ3) is 3.82. The number of cyclic esters (lactones) is 1. The Labute approximate surface area is 147 Å². The van der Waals surface area contributed by atoms with Crippen molar-refractivity contribution in [1.29, 1.82) is 0 Å². The molecule has 1 aliphatic rings. The van der Waals surface area contributed by atoms with E-state index in [1.165, 1.54) is 5.56 Å². The molecule has 1 fully saturated rings. The van der Waals surface area contributed by atoms with Gasteiger partial charge in [-0.1, -0.05) is 32.9 Å². The first-order chi connectivity index (χ1) is 11.8. The highest BCUT2D eigenvalue weighted by molar-refractivity contribution is 6.04. The average Bonchev–Trinajstić information content (AvgIpc) is 3.01. The standard InChI is InChI=1S/C20H22N2O3/c1-20(2,3)15-6-8-16(9-7-15)21-18(23)14-4-10-17(11-5-14)22-12-13-25-19(22)24/h4-11H,12-13H2,1-3H3,(H,21,23). The highest BCUT2D eigenvalue weighted by Gasteiger charge is 2.23. The number of hydrogen-bond donors (Lipinski definition) is 1. The predicted octanol–water partition coefficient (Wildman–Crippen LogP) is 4.19. The molecular weight excluding hydrogens is 316 g/mol. The van der Waals surface area contributed by atoms with Crippen molar-refractivity contribution in [2.24, 2.45) is 0 Å². The number of nitrogens with zero attached hydrogens (tertiary/aromatic N) is 1. The monoisotopic (exact) mass is 338 g/mol. The van der Waals surface area contributed by atoms with Crippen LogP contribution in [0.15, 0.2) is 48.5 Å². The van der Waals surface area contributed by atoms with Crippen LogP contribution < -0.4 is 10.2 Å². The van der Waals surface area contributed by atoms with Crippen LogP contribution in [0.5, 0.6) is 0 Å². The molecule has 1 N–H and O–H groups in total. The molecular formula is C20H22N2O3. The van der Waals surface area contributed by atoms with E-state index in [-0.39, 0.29) is 17.4 Å². The van der Waals surface area contributed by atoms with Gasteiger partial charge in [-0.25, -0.2) is 4.79 Å². The van der Waals surface area contributed by atoms with Gasteiger partial charge in [-0.2, -0.15) is 0 Å². The molecule has 2 amide bonds. The maximum Gasteiger partial charge on any atom is 0.414 e. The molecule has 5 heteroatoms. The Morgan fingerprint density at radius 3 is 2.20 bits per heavy atom. The Balaban J connectivity index is 1.68. The third-order valence-electron chi connectivity index (χ3n) is 4.21. The molecule has 1 heterocycles. The van der Waals surface area contributed by atoms with Gasteiger partial charge in [0.2, 0.25) is 0 Å². The van der Waals surface area contributed by atoms with Crippen molar-refractivity contribution in [2.45, 2.75) is 26.2 Å². The summed E-state index contributed by atoms with van der Waals surface area (Å²) in [5.74, 6) is -0.181. The van der Waals surface area contributed by atoms with Crippen LogP contribution in [0.1, 0.15) is 36.7 Å². The molecule has 0 radical (unpaired) electrons. The molecule has 0 bridgehead atoms. The van der Waals surface area contributed by atoms with Crippen molar-refractivity contribution in [1.82, 2.24) is 0 Å². The molecule has 0 atom stereocenters. The van der Waals surface area contributed by atoms with E-state index >= 15 is 0 Å². The van der Waals surface area contributed by atoms with E-state index in [0.717, 1.165) is 11.4 Å². The number of anilines is 2. The number of hydrogen-bond acceptors (Lipinski definition) is 3. The molecule has 1 saturated heterocycles. The Morgan fingerprint density at radius 1 is 1.04 bits per heavy atom. The fraction of sp³-hybridized carbons (Fsp3) is 0.300. The Morgan fingerprint density at radius 2 is 1.68 bits per heavy atom. The minimum absolute atomic E-state index is 0.0785. The number of ether oxygens (including phenoxy) is 1. The van der Waals surface area contributed by atoms with Gasteiger partial charge in [-0.15, -0.1) is 0 Å². The predicted molar refractivity (Wildman–Crippen MR) is 98.2 cm³/mol. The topological polar surface area (TPSA) is 58.6 Å². The van der Waals surface area contributed by atoms with Crippen molar-refractivity contribution < 1.29 is 14.3 Å². The fourth-order valence-electron chi connectivity index (χ4n) is 2.68. The maximum absolute atomic E-state index is 12.4. The molecule has 0 spiro atoms. The molecule has 0 unspecified atom stereocenters. The molecule has 25 heavy (non-hydrogen) atoms. The number of amides is 2. The van der Waals surface area contributed by atoms with Crippen molar-refractivity contribution in [3.8, 4) is 0 Å². The summed E-state index contributed by atoms with van der Waals surface area (Å²) < 4.78 is 4.92. The van der Waals surface area contributed by atoms with Crippen LogP contribution in [0.25, 0.3) is 0 Å². The minimum Gasteiger partial charge on any atom is -0.447 e. The van der Waals surface area contributed by atoms with Gasteiger partial charge in [0.1, 0.15) is 6.61 Å². The van der Waals surface area contributed by atoms with Gasteiger partial charge in [0.15, 0.2) is 0 Å². The van der Waals surface area contributed by atoms with Gasteiger partial charge in [0, 0.05) is 16.9 Å². The number of nitrogens with one attached hydrogen (secondary N) is 1. The lowest BCUT2D eigenvalue weighted by atomic mass is 9.87. The van der Waals surface area contributed by atoms with E-state index in [9.17, 15) is 9.59 Å². The van der Waals surface area contributed by atoms with Crippen molar-refractivity contribution in [3.63, 3.8) is 0 Å². The Hall–Kier alpha value is -2.82. The van der Waals surface area contributed by atoms with Crippen LogP contribution in [0.4, 0.5) is 16.2 Å². The van der Waals surface area contributed by atoms with E-state index in [4.69, 9.17) is 4.74 Å². The molecule has 3 rings (SSSR count). The van der Waals surface area contributed by atoms with E-state index in [2.05, 4.69) is 26.1 Å². The van der Waals surface area contributed by atoms with Crippen LogP contribution >= 0.6 is 0 Å². The smallest absolute Gasteiger partial charge is 0.414 e. The lowest BCUT2D eigenvalue weighted by Gasteiger charge is -2.19. The van der Waals surface area contributed by atoms with Crippen LogP contribution in [0, 0.1) is 0 Å². The van der Waals surface area contributed by atoms with Crippen molar-refractivity contribution in [2.75, 3.05) is 23.4 Å². The highest BCUT2D eigenvalue weighted by atomic mass is 16.6. The zero-order chi connectivity index (χ0) is 18.0. The largest absolute Gasteiger partial charge is 0.447 e. The first kappa shape index (κ1) is 17.0. The molecule has 1 aliphatic heterocycles. The molecule has 0 aliphatic carbocycles. The summed E-state index contributed by atoms with van der Waals surface area (Å²) in [6.45, 7) is 7.38. The van der Waals surface area contributed by atoms with Crippen LogP contribution in [0.2, 0.25) is 0 Å². The molecule has 0 saturated carbocycles. The van der Waals surface area contributed by atoms with Gasteiger partial charge in [0.25, 0.3) is 5.91 Å². The Bertz CT molecular complexity index is 774. The Kier molecular flexibility index (Phi) is 4.49. The summed E-state index contributed by atoms with van der Waals surface area (Å²) in [5, 5.41) is 2.89. The van der Waals surface area contributed by atoms with Crippen LogP contribution in [-0.2, 0) is 10.2 Å². The summed E-state index contributed by atoms with van der Waals surface area (Å²) in [5.41, 5.74) is 3.32. The fourth-order valence-corrected chi connectivity index (χ4v) is 2.68. The zero-order valence-corrected chi connectivity index (χ0v) is 14.7. The first-order valence-corrected chi connectivity index (χ1v) is 8.31. The first-order valence-electron chi connectivity index (χ1n) is 8.31. The van der Waals surface area contributed by atoms with Crippen LogP contribution in [-0.4, -0.2) is 25.2 Å². The van der Waals surface area contributed by atoms with E-state index in [0.29, 0.717) is 18.7 Å². The van der Waals surface area contributed by atoms with Crippen molar-refractivity contribution in [3.05, 3.63) is 59.7 Å². The number of rotatable bonds is 3. The number of benzene rings is 2. The molecule has 130 valence electrons. The zero-order valence-electron chi connectivity index (χ0n) is 14.7. The molecule has 0 aromatic heterocycles. The average molecular weight is 338 g/mol. The number of carbonyl (C=O) groups is 2. The SMILES string of the molecule is CC(C)(C)c1ccc(NC(=O)c2ccc(N3CCOC3=O)cc2)cc1. The lowest BCUT2D eigenvalue weighted by molar-refractivity contribution is 0.102. The summed E-state index contributed by atoms with van der Waals surface area (Å²) in [6, 6.07) is 14.8. The number of carbonyl (C=O) groups excluding carboxylic acids is 2. The normalized spacial score (nSPS) is 14.4. The summed E-state index contributed by atoms with van der Waals surface area (Å²) in [6.07, 6.45) is -0.351. The van der Waals surface area contributed by atoms with Gasteiger partial charge in [-0.3, -0.25) is 9.69 Å². The van der Waals surface area contributed by atoms with E-state index in [1.54, 1.807) is 29.2 Å². The molecule has 2 aromatic carbocycles. The summed E-state index contributed by atoms with van der Waals surface area (Å²) in [4.78, 5) is 25.5. The lowest BCUT2D eigenvalue weighted by Crippen LogP contribution is -2.23. The second-order valence-electron chi connectivity index (χ2n) is 7.09. The van der Waals surface area contributed by atoms with Gasteiger partial charge in [0.05, 0.1) is 6.54 Å². The maximum atomic E-state index is 12.4. The minimum atomic E-state index is -0.351. The van der Waals surface area contributed by atoms with Gasteiger partial charge in [-0.05, 0) is 47.4 Å². The van der Waals surface area contributed by atoms with E-state index in [1.807, 2.05) is 24.3 Å². The molecule has 5 nitrogen and oxygen atoms in total. The third-order valence-corrected chi connectivity index (χ3v) is 4.21. The second kappa shape index (κ2) is 6.59. The van der Waals surface area contributed by atoms with Crippen LogP contribution in [0.3, 0.4) is 0 Å². The summed E-state index contributed by atoms with van der Waals surface area (Å²) >= 11 is 0. The quantitative estimate of drug-likeness (QED) is 0.913. The van der Waals surface area contributed by atoms with E-state index < -0.39 is 0 Å². The van der Waals surface area contributed by atoms with Gasteiger partial charge >= 0.3 is 6.09 Å². The van der Waals surface area contributed by atoms with Crippen molar-refractivity contribution >= 4 is 23.4 Å².